The van der Waals surface area contributed by atoms with Crippen LogP contribution in [-0.4, -0.2) is 61.7 Å². The molecule has 1 saturated heterocycles. The molecule has 3 heterocycles. The van der Waals surface area contributed by atoms with E-state index in [4.69, 9.17) is 4.74 Å². The third-order valence-corrected chi connectivity index (χ3v) is 5.00. The Hall–Kier alpha value is -2.68. The average Bonchev–Trinajstić information content (AvgIpc) is 3.18. The number of ether oxygens (including phenoxy) is 1. The normalized spacial score (nSPS) is 14.2. The van der Waals surface area contributed by atoms with E-state index in [1.54, 1.807) is 31.6 Å². The van der Waals surface area contributed by atoms with Gasteiger partial charge in [0.15, 0.2) is 10.8 Å². The Balaban J connectivity index is 1.63. The summed E-state index contributed by atoms with van der Waals surface area (Å²) in [5.41, 5.74) is 1.75. The van der Waals surface area contributed by atoms with Crippen molar-refractivity contribution in [3.8, 4) is 0 Å². The van der Waals surface area contributed by atoms with Crippen LogP contribution in [0.25, 0.3) is 0 Å². The lowest BCUT2D eigenvalue weighted by molar-refractivity contribution is 0.0520. The Bertz CT molecular complexity index is 786. The topological polar surface area (TPSA) is 87.7 Å². The molecule has 1 aliphatic heterocycles. The number of carbonyl (C=O) groups is 2. The van der Waals surface area contributed by atoms with Crippen LogP contribution in [0.15, 0.2) is 23.7 Å². The van der Waals surface area contributed by atoms with Crippen LogP contribution in [0, 0.1) is 0 Å². The standard InChI is InChI=1S/C17H21N5O3S/c1-3-25-16(24)14-11-26-17(20-14)22-8-6-21(7-9-22)12-4-5-19-13(10-12)15(23)18-2/h4-5,10-11H,3,6-9H2,1-2H3,(H,18,23). The zero-order chi connectivity index (χ0) is 18.5. The van der Waals surface area contributed by atoms with Crippen LogP contribution in [0.3, 0.4) is 0 Å². The number of nitrogens with one attached hydrogen (secondary N) is 1. The van der Waals surface area contributed by atoms with Crippen molar-refractivity contribution in [2.45, 2.75) is 6.92 Å². The predicted molar refractivity (Wildman–Crippen MR) is 100 cm³/mol. The van der Waals surface area contributed by atoms with Gasteiger partial charge in [0.2, 0.25) is 0 Å². The van der Waals surface area contributed by atoms with Gasteiger partial charge in [-0.25, -0.2) is 9.78 Å². The molecule has 0 aliphatic carbocycles. The minimum absolute atomic E-state index is 0.195. The fourth-order valence-corrected chi connectivity index (χ4v) is 3.58. The van der Waals surface area contributed by atoms with E-state index in [0.29, 0.717) is 18.0 Å². The average molecular weight is 375 g/mol. The highest BCUT2D eigenvalue weighted by molar-refractivity contribution is 7.13. The number of hydrogen-bond acceptors (Lipinski definition) is 8. The molecule has 1 aliphatic rings. The van der Waals surface area contributed by atoms with E-state index in [1.165, 1.54) is 11.3 Å². The van der Waals surface area contributed by atoms with Crippen LogP contribution in [0.4, 0.5) is 10.8 Å². The molecular formula is C17H21N5O3S. The van der Waals surface area contributed by atoms with Gasteiger partial charge in [0, 0.05) is 50.5 Å². The number of thiazole rings is 1. The maximum atomic E-state index is 11.7. The third-order valence-electron chi connectivity index (χ3n) is 4.10. The molecule has 8 nitrogen and oxygen atoms in total. The molecule has 2 aromatic heterocycles. The number of hydrogen-bond donors (Lipinski definition) is 1. The van der Waals surface area contributed by atoms with Crippen molar-refractivity contribution in [1.29, 1.82) is 0 Å². The van der Waals surface area contributed by atoms with Crippen LogP contribution in [0.1, 0.15) is 27.9 Å². The van der Waals surface area contributed by atoms with Crippen LogP contribution >= 0.6 is 11.3 Å². The van der Waals surface area contributed by atoms with Gasteiger partial charge in [-0.2, -0.15) is 0 Å². The Morgan fingerprint density at radius 2 is 1.96 bits per heavy atom. The van der Waals surface area contributed by atoms with Crippen molar-refractivity contribution in [1.82, 2.24) is 15.3 Å². The number of anilines is 2. The summed E-state index contributed by atoms with van der Waals surface area (Å²) in [7, 11) is 1.59. The van der Waals surface area contributed by atoms with Gasteiger partial charge in [0.1, 0.15) is 5.69 Å². The monoisotopic (exact) mass is 375 g/mol. The van der Waals surface area contributed by atoms with Crippen molar-refractivity contribution in [3.63, 3.8) is 0 Å². The van der Waals surface area contributed by atoms with Gasteiger partial charge in [-0.05, 0) is 19.1 Å². The first-order valence-corrected chi connectivity index (χ1v) is 9.31. The molecule has 0 bridgehead atoms. The summed E-state index contributed by atoms with van der Waals surface area (Å²) >= 11 is 1.45. The summed E-state index contributed by atoms with van der Waals surface area (Å²) in [6.45, 7) is 5.28. The number of rotatable bonds is 5. The van der Waals surface area contributed by atoms with E-state index < -0.39 is 0 Å². The Kier molecular flexibility index (Phi) is 5.67. The highest BCUT2D eigenvalue weighted by Crippen LogP contribution is 2.24. The molecule has 3 rings (SSSR count). The van der Waals surface area contributed by atoms with E-state index in [0.717, 1.165) is 37.0 Å². The highest BCUT2D eigenvalue weighted by Gasteiger charge is 2.22. The second-order valence-electron chi connectivity index (χ2n) is 5.69. The lowest BCUT2D eigenvalue weighted by Gasteiger charge is -2.36. The Morgan fingerprint density at radius 3 is 2.65 bits per heavy atom. The summed E-state index contributed by atoms with van der Waals surface area (Å²) < 4.78 is 4.98. The minimum Gasteiger partial charge on any atom is -0.461 e. The molecule has 1 amide bonds. The van der Waals surface area contributed by atoms with Crippen LogP contribution in [0.2, 0.25) is 0 Å². The second kappa shape index (κ2) is 8.13. The molecule has 2 aromatic rings. The molecule has 0 radical (unpaired) electrons. The number of amides is 1. The first-order valence-electron chi connectivity index (χ1n) is 8.43. The SMILES string of the molecule is CCOC(=O)c1csc(N2CCN(c3ccnc(C(=O)NC)c3)CC2)n1. The van der Waals surface area contributed by atoms with Crippen molar-refractivity contribution < 1.29 is 14.3 Å². The summed E-state index contributed by atoms with van der Waals surface area (Å²) in [4.78, 5) is 36.3. The lowest BCUT2D eigenvalue weighted by atomic mass is 10.2. The minimum atomic E-state index is -0.382. The van der Waals surface area contributed by atoms with Gasteiger partial charge in [-0.3, -0.25) is 9.78 Å². The third kappa shape index (κ3) is 3.93. The number of pyridine rings is 1. The van der Waals surface area contributed by atoms with Crippen molar-refractivity contribution in [2.75, 3.05) is 49.6 Å². The molecule has 0 atom stereocenters. The zero-order valence-electron chi connectivity index (χ0n) is 14.8. The van der Waals surface area contributed by atoms with E-state index >= 15 is 0 Å². The molecule has 0 saturated carbocycles. The largest absolute Gasteiger partial charge is 0.461 e. The van der Waals surface area contributed by atoms with E-state index in [2.05, 4.69) is 25.1 Å². The molecule has 0 aromatic carbocycles. The van der Waals surface area contributed by atoms with Crippen molar-refractivity contribution in [2.24, 2.45) is 0 Å². The van der Waals surface area contributed by atoms with Crippen LogP contribution in [0.5, 0.6) is 0 Å². The molecule has 138 valence electrons. The maximum Gasteiger partial charge on any atom is 0.357 e. The summed E-state index contributed by atoms with van der Waals surface area (Å²) in [6.07, 6.45) is 1.65. The van der Waals surface area contributed by atoms with Crippen molar-refractivity contribution >= 4 is 34.0 Å². The summed E-state index contributed by atoms with van der Waals surface area (Å²) in [5.74, 6) is -0.577. The molecular weight excluding hydrogens is 354 g/mol. The Morgan fingerprint density at radius 1 is 1.23 bits per heavy atom. The van der Waals surface area contributed by atoms with Gasteiger partial charge in [0.05, 0.1) is 6.61 Å². The quantitative estimate of drug-likeness (QED) is 0.791. The number of esters is 1. The first kappa shape index (κ1) is 18.1. The van der Waals surface area contributed by atoms with Gasteiger partial charge in [-0.1, -0.05) is 0 Å². The van der Waals surface area contributed by atoms with Gasteiger partial charge in [-0.15, -0.1) is 11.3 Å². The maximum absolute atomic E-state index is 11.7. The number of piperazine rings is 1. The number of aromatic nitrogens is 2. The number of nitrogens with zero attached hydrogens (tertiary/aromatic N) is 4. The number of carbonyl (C=O) groups excluding carboxylic acids is 2. The van der Waals surface area contributed by atoms with E-state index in [1.807, 2.05) is 6.07 Å². The fourth-order valence-electron chi connectivity index (χ4n) is 2.73. The van der Waals surface area contributed by atoms with Crippen molar-refractivity contribution in [3.05, 3.63) is 35.1 Å². The molecule has 26 heavy (non-hydrogen) atoms. The molecule has 0 unspecified atom stereocenters. The molecule has 1 N–H and O–H groups in total. The van der Waals surface area contributed by atoms with Crippen LogP contribution in [-0.2, 0) is 4.74 Å². The molecule has 0 spiro atoms. The van der Waals surface area contributed by atoms with E-state index in [-0.39, 0.29) is 11.9 Å². The predicted octanol–water partition coefficient (Wildman–Crippen LogP) is 1.40. The van der Waals surface area contributed by atoms with Gasteiger partial charge < -0.3 is 19.9 Å². The van der Waals surface area contributed by atoms with Crippen LogP contribution < -0.4 is 15.1 Å². The molecule has 9 heteroatoms. The fraction of sp³-hybridized carbons (Fsp3) is 0.412. The second-order valence-corrected chi connectivity index (χ2v) is 6.52. The van der Waals surface area contributed by atoms with E-state index in [9.17, 15) is 9.59 Å². The zero-order valence-corrected chi connectivity index (χ0v) is 15.6. The Labute approximate surface area is 155 Å². The summed E-state index contributed by atoms with van der Waals surface area (Å²) in [6, 6.07) is 3.71. The first-order chi connectivity index (χ1) is 12.6. The molecule has 1 fully saturated rings. The van der Waals surface area contributed by atoms with Gasteiger partial charge in [0.25, 0.3) is 5.91 Å². The van der Waals surface area contributed by atoms with Gasteiger partial charge >= 0.3 is 5.97 Å². The lowest BCUT2D eigenvalue weighted by Crippen LogP contribution is -2.46. The summed E-state index contributed by atoms with van der Waals surface area (Å²) in [5, 5.41) is 5.15. The highest BCUT2D eigenvalue weighted by atomic mass is 32.1. The smallest absolute Gasteiger partial charge is 0.357 e.